The summed E-state index contributed by atoms with van der Waals surface area (Å²) in [6, 6.07) is 13.4. The van der Waals surface area contributed by atoms with E-state index in [2.05, 4.69) is 34.5 Å². The molecular formula is C27H38N4O4S. The predicted octanol–water partition coefficient (Wildman–Crippen LogP) is 2.52. The fraction of sp³-hybridized carbons (Fsp3) is 0.519. The minimum absolute atomic E-state index is 0.0204. The maximum absolute atomic E-state index is 13.0. The van der Waals surface area contributed by atoms with Crippen molar-refractivity contribution in [2.75, 3.05) is 52.3 Å². The molecule has 2 aromatic rings. The molecule has 2 aromatic carbocycles. The molecule has 1 aliphatic rings. The van der Waals surface area contributed by atoms with Crippen molar-refractivity contribution in [2.45, 2.75) is 37.9 Å². The van der Waals surface area contributed by atoms with Crippen LogP contribution < -0.4 is 5.32 Å². The number of rotatable bonds is 13. The highest BCUT2D eigenvalue weighted by Crippen LogP contribution is 2.23. The number of thioether (sulfide) groups is 1. The van der Waals surface area contributed by atoms with E-state index < -0.39 is 12.0 Å². The van der Waals surface area contributed by atoms with Gasteiger partial charge in [-0.1, -0.05) is 42.5 Å². The number of hydrogen-bond acceptors (Lipinski definition) is 6. The average Bonchev–Trinajstić information content (AvgIpc) is 3.29. The third-order valence-corrected chi connectivity index (χ3v) is 7.15. The van der Waals surface area contributed by atoms with Gasteiger partial charge in [-0.05, 0) is 61.7 Å². The number of carbonyl (C=O) groups is 3. The second-order valence-electron chi connectivity index (χ2n) is 9.67. The number of carboxylic acids is 1. The molecule has 1 heterocycles. The van der Waals surface area contributed by atoms with Crippen molar-refractivity contribution in [2.24, 2.45) is 0 Å². The summed E-state index contributed by atoms with van der Waals surface area (Å²) >= 11 is 1.55. The van der Waals surface area contributed by atoms with E-state index in [0.29, 0.717) is 31.8 Å². The standard InChI is InChI=1S/C27H38N4O4S/c1-29(2)19-26(33)31-14-7-11-22(31)17-30(18-25(32)28-24(27(34)35)13-15-36-3)16-21-10-6-9-20-8-4-5-12-23(20)21/h4-6,8-10,12,22,24H,7,11,13-19H2,1-3H3,(H,28,32)(H,34,35)/t22-,24?/m0/s1. The zero-order chi connectivity index (χ0) is 26.1. The topological polar surface area (TPSA) is 93.2 Å². The highest BCUT2D eigenvalue weighted by molar-refractivity contribution is 7.98. The van der Waals surface area contributed by atoms with E-state index in [9.17, 15) is 19.5 Å². The molecule has 1 aliphatic heterocycles. The van der Waals surface area contributed by atoms with Gasteiger partial charge < -0.3 is 20.2 Å². The van der Waals surface area contributed by atoms with Gasteiger partial charge in [-0.2, -0.15) is 11.8 Å². The first kappa shape index (κ1) is 28.0. The molecule has 196 valence electrons. The number of hydrogen-bond donors (Lipinski definition) is 2. The lowest BCUT2D eigenvalue weighted by Gasteiger charge is -2.32. The molecule has 2 amide bonds. The Morgan fingerprint density at radius 2 is 1.89 bits per heavy atom. The first-order valence-electron chi connectivity index (χ1n) is 12.4. The van der Waals surface area contributed by atoms with Crippen molar-refractivity contribution in [1.29, 1.82) is 0 Å². The number of carboxylic acid groups (broad SMARTS) is 1. The number of nitrogens with zero attached hydrogens (tertiary/aromatic N) is 3. The van der Waals surface area contributed by atoms with Crippen LogP contribution in [0.1, 0.15) is 24.8 Å². The largest absolute Gasteiger partial charge is 0.480 e. The van der Waals surface area contributed by atoms with Crippen LogP contribution in [0.15, 0.2) is 42.5 Å². The van der Waals surface area contributed by atoms with Gasteiger partial charge in [-0.15, -0.1) is 0 Å². The lowest BCUT2D eigenvalue weighted by molar-refractivity contribution is -0.142. The Morgan fingerprint density at radius 1 is 1.14 bits per heavy atom. The number of likely N-dealkylation sites (N-methyl/N-ethyl adjacent to an activating group) is 1. The summed E-state index contributed by atoms with van der Waals surface area (Å²) in [6.07, 6.45) is 4.12. The van der Waals surface area contributed by atoms with Crippen molar-refractivity contribution in [3.63, 3.8) is 0 Å². The van der Waals surface area contributed by atoms with Crippen molar-refractivity contribution in [3.8, 4) is 0 Å². The molecule has 0 aromatic heterocycles. The zero-order valence-corrected chi connectivity index (χ0v) is 22.3. The minimum atomic E-state index is -1.02. The van der Waals surface area contributed by atoms with E-state index in [0.717, 1.165) is 35.7 Å². The molecule has 2 atom stereocenters. The molecule has 8 nitrogen and oxygen atoms in total. The summed E-state index contributed by atoms with van der Waals surface area (Å²) in [4.78, 5) is 43.4. The third-order valence-electron chi connectivity index (χ3n) is 6.50. The fourth-order valence-corrected chi connectivity index (χ4v) is 5.28. The Kier molecular flexibility index (Phi) is 10.6. The van der Waals surface area contributed by atoms with E-state index >= 15 is 0 Å². The number of aliphatic carboxylic acids is 1. The van der Waals surface area contributed by atoms with Gasteiger partial charge in [0.2, 0.25) is 11.8 Å². The van der Waals surface area contributed by atoms with Crippen LogP contribution >= 0.6 is 11.8 Å². The normalized spacial score (nSPS) is 16.6. The van der Waals surface area contributed by atoms with Gasteiger partial charge in [0.1, 0.15) is 6.04 Å². The van der Waals surface area contributed by atoms with Crippen molar-refractivity contribution in [1.82, 2.24) is 20.0 Å². The Labute approximate surface area is 218 Å². The van der Waals surface area contributed by atoms with Crippen LogP contribution in [0.5, 0.6) is 0 Å². The molecule has 9 heteroatoms. The van der Waals surface area contributed by atoms with Crippen molar-refractivity contribution >= 4 is 40.3 Å². The first-order valence-corrected chi connectivity index (χ1v) is 13.8. The molecule has 36 heavy (non-hydrogen) atoms. The van der Waals surface area contributed by atoms with Gasteiger partial charge in [0.25, 0.3) is 0 Å². The Hall–Kier alpha value is -2.62. The lowest BCUT2D eigenvalue weighted by Crippen LogP contribution is -2.49. The maximum Gasteiger partial charge on any atom is 0.326 e. The monoisotopic (exact) mass is 514 g/mol. The van der Waals surface area contributed by atoms with Crippen LogP contribution in [-0.2, 0) is 20.9 Å². The molecular weight excluding hydrogens is 476 g/mol. The second-order valence-corrected chi connectivity index (χ2v) is 10.7. The smallest absolute Gasteiger partial charge is 0.326 e. The highest BCUT2D eigenvalue weighted by atomic mass is 32.2. The minimum Gasteiger partial charge on any atom is -0.480 e. The van der Waals surface area contributed by atoms with E-state index in [1.165, 1.54) is 0 Å². The molecule has 0 spiro atoms. The quantitative estimate of drug-likeness (QED) is 0.424. The molecule has 2 N–H and O–H groups in total. The summed E-state index contributed by atoms with van der Waals surface area (Å²) in [5, 5.41) is 14.5. The number of amides is 2. The van der Waals surface area contributed by atoms with E-state index in [-0.39, 0.29) is 24.4 Å². The number of carbonyl (C=O) groups excluding carboxylic acids is 2. The van der Waals surface area contributed by atoms with E-state index in [1.54, 1.807) is 11.8 Å². The van der Waals surface area contributed by atoms with Crippen molar-refractivity contribution < 1.29 is 19.5 Å². The van der Waals surface area contributed by atoms with Gasteiger partial charge in [0.05, 0.1) is 13.1 Å². The maximum atomic E-state index is 13.0. The molecule has 0 bridgehead atoms. The number of likely N-dealkylation sites (tertiary alicyclic amines) is 1. The molecule has 0 aliphatic carbocycles. The summed E-state index contributed by atoms with van der Waals surface area (Å²) in [7, 11) is 3.77. The van der Waals surface area contributed by atoms with Gasteiger partial charge in [0.15, 0.2) is 0 Å². The number of nitrogens with one attached hydrogen (secondary N) is 1. The van der Waals surface area contributed by atoms with Crippen molar-refractivity contribution in [3.05, 3.63) is 48.0 Å². The summed E-state index contributed by atoms with van der Waals surface area (Å²) in [5.74, 6) is -0.579. The Morgan fingerprint density at radius 3 is 2.61 bits per heavy atom. The highest BCUT2D eigenvalue weighted by Gasteiger charge is 2.31. The van der Waals surface area contributed by atoms with Crippen LogP contribution in [0.25, 0.3) is 10.8 Å². The summed E-state index contributed by atoms with van der Waals surface area (Å²) in [6.45, 7) is 2.23. The molecule has 0 saturated carbocycles. The third kappa shape index (κ3) is 7.94. The first-order chi connectivity index (χ1) is 17.3. The number of fused-ring (bicyclic) bond motifs is 1. The average molecular weight is 515 g/mol. The Balaban J connectivity index is 1.79. The summed E-state index contributed by atoms with van der Waals surface area (Å²) in [5.41, 5.74) is 1.10. The van der Waals surface area contributed by atoms with Gasteiger partial charge >= 0.3 is 5.97 Å². The molecule has 1 unspecified atom stereocenters. The Bertz CT molecular complexity index is 1040. The predicted molar refractivity (Wildman–Crippen MR) is 145 cm³/mol. The van der Waals surface area contributed by atoms with E-state index in [1.807, 2.05) is 48.4 Å². The molecule has 0 radical (unpaired) electrons. The second kappa shape index (κ2) is 13.6. The van der Waals surface area contributed by atoms with Crippen LogP contribution in [-0.4, -0.2) is 102 Å². The zero-order valence-electron chi connectivity index (χ0n) is 21.5. The van der Waals surface area contributed by atoms with Crippen LogP contribution in [0.3, 0.4) is 0 Å². The van der Waals surface area contributed by atoms with Crippen LogP contribution in [0.4, 0.5) is 0 Å². The molecule has 1 fully saturated rings. The number of benzene rings is 2. The SMILES string of the molecule is CSCCC(NC(=O)CN(Cc1cccc2ccccc12)C[C@@H]1CCCN1C(=O)CN(C)C)C(=O)O. The van der Waals surface area contributed by atoms with Gasteiger partial charge in [0, 0.05) is 25.7 Å². The fourth-order valence-electron chi connectivity index (χ4n) is 4.81. The molecule has 1 saturated heterocycles. The van der Waals surface area contributed by atoms with Crippen LogP contribution in [0.2, 0.25) is 0 Å². The summed E-state index contributed by atoms with van der Waals surface area (Å²) < 4.78 is 0. The van der Waals surface area contributed by atoms with Crippen LogP contribution in [0, 0.1) is 0 Å². The van der Waals surface area contributed by atoms with E-state index in [4.69, 9.17) is 0 Å². The van der Waals surface area contributed by atoms with Gasteiger partial charge in [-0.25, -0.2) is 4.79 Å². The molecule has 3 rings (SSSR count). The van der Waals surface area contributed by atoms with Gasteiger partial charge in [-0.3, -0.25) is 14.5 Å². The lowest BCUT2D eigenvalue weighted by atomic mass is 10.0.